The maximum absolute atomic E-state index is 12.5. The van der Waals surface area contributed by atoms with Crippen molar-refractivity contribution in [3.63, 3.8) is 0 Å². The smallest absolute Gasteiger partial charge is 0.359 e. The molecule has 1 unspecified atom stereocenters. The van der Waals surface area contributed by atoms with Crippen LogP contribution in [0.3, 0.4) is 0 Å². The summed E-state index contributed by atoms with van der Waals surface area (Å²) in [5.74, 6) is -1.71. The van der Waals surface area contributed by atoms with Crippen molar-refractivity contribution in [2.45, 2.75) is 62.2 Å². The second-order valence-corrected chi connectivity index (χ2v) is 9.91. The summed E-state index contributed by atoms with van der Waals surface area (Å²) in [7, 11) is -4.44. The van der Waals surface area contributed by atoms with E-state index in [1.807, 2.05) is 0 Å². The number of rotatable bonds is 7. The molecular formula is C20H22ClF3N2O5S. The van der Waals surface area contributed by atoms with E-state index < -0.39 is 45.6 Å². The first-order valence-corrected chi connectivity index (χ1v) is 11.8. The summed E-state index contributed by atoms with van der Waals surface area (Å²) in [5, 5.41) is 2.71. The zero-order valence-corrected chi connectivity index (χ0v) is 18.7. The Morgan fingerprint density at radius 2 is 1.88 bits per heavy atom. The number of carbonyl (C=O) groups excluding carboxylic acids is 2. The summed E-state index contributed by atoms with van der Waals surface area (Å²) in [4.78, 5) is 23.9. The van der Waals surface area contributed by atoms with E-state index in [-0.39, 0.29) is 16.6 Å². The molecular weight excluding hydrogens is 473 g/mol. The molecule has 2 amide bonds. The van der Waals surface area contributed by atoms with Crippen LogP contribution in [0, 0.1) is 0 Å². The van der Waals surface area contributed by atoms with E-state index >= 15 is 0 Å². The van der Waals surface area contributed by atoms with E-state index in [0.717, 1.165) is 44.7 Å². The van der Waals surface area contributed by atoms with Crippen LogP contribution in [0.1, 0.15) is 49.4 Å². The quantitative estimate of drug-likeness (QED) is 0.565. The average Bonchev–Trinajstić information content (AvgIpc) is 2.61. The summed E-state index contributed by atoms with van der Waals surface area (Å²) in [6, 6.07) is 3.29. The summed E-state index contributed by atoms with van der Waals surface area (Å²) >= 11 is 6.09. The van der Waals surface area contributed by atoms with E-state index in [1.165, 1.54) is 23.6 Å². The van der Waals surface area contributed by atoms with Crippen LogP contribution in [0.5, 0.6) is 0 Å². The standard InChI is InChI=1S/C20H22ClF3N2O5S/c1-11(31-10-20(22,23)24)18(27)26-32(29,30)15-5-6-16(17(21)9-15)19(28)25-14-7-13(8-14)12-3-2-4-12/h5-6,9,11,14H,2-4,7-8,10H2,1H3,(H,25,28)(H,26,27). The number of sulfonamides is 1. The number of carbonyl (C=O) groups is 2. The Hall–Kier alpha value is -2.11. The van der Waals surface area contributed by atoms with Gasteiger partial charge in [0, 0.05) is 6.04 Å². The van der Waals surface area contributed by atoms with E-state index in [0.29, 0.717) is 0 Å². The van der Waals surface area contributed by atoms with Crippen molar-refractivity contribution in [1.29, 1.82) is 0 Å². The van der Waals surface area contributed by atoms with Crippen molar-refractivity contribution in [3.05, 3.63) is 39.9 Å². The Labute approximate surface area is 188 Å². The van der Waals surface area contributed by atoms with Crippen molar-refractivity contribution in [1.82, 2.24) is 10.0 Å². The molecule has 176 valence electrons. The fraction of sp³-hybridized carbons (Fsp3) is 0.500. The lowest BCUT2D eigenvalue weighted by atomic mass is 9.76. The number of hydrogen-bond donors (Lipinski definition) is 2. The molecule has 2 saturated carbocycles. The molecule has 0 radical (unpaired) electrons. The van der Waals surface area contributed by atoms with Crippen molar-refractivity contribution in [3.8, 4) is 0 Å². The molecule has 2 fully saturated rings. The minimum Gasteiger partial charge on any atom is -0.359 e. The molecule has 12 heteroatoms. The Balaban J connectivity index is 1.59. The van der Waals surface area contributed by atoms with Gasteiger partial charge >= 0.3 is 6.18 Å². The largest absolute Gasteiger partial charge is 0.411 e. The second-order valence-electron chi connectivity index (χ2n) is 7.82. The molecule has 0 bridgehead atoms. The SMILES string of the molecule is CC(OCC(F)(F)F)C(=O)NS(=O)(=O)c1ccc(C(=O)NC2CC(=C3CCC3)C2)c(Cl)c1. The first kappa shape index (κ1) is 24.5. The predicted molar refractivity (Wildman–Crippen MR) is 110 cm³/mol. The molecule has 2 aliphatic rings. The minimum atomic E-state index is -4.66. The van der Waals surface area contributed by atoms with Crippen LogP contribution in [-0.2, 0) is 19.6 Å². The monoisotopic (exact) mass is 494 g/mol. The van der Waals surface area contributed by atoms with Crippen molar-refractivity contribution in [2.75, 3.05) is 6.61 Å². The molecule has 2 N–H and O–H groups in total. The van der Waals surface area contributed by atoms with Gasteiger partial charge in [0.2, 0.25) is 0 Å². The lowest BCUT2D eigenvalue weighted by molar-refractivity contribution is -0.185. The molecule has 32 heavy (non-hydrogen) atoms. The van der Waals surface area contributed by atoms with E-state index in [9.17, 15) is 31.2 Å². The van der Waals surface area contributed by atoms with Crippen molar-refractivity contribution >= 4 is 33.4 Å². The first-order valence-electron chi connectivity index (χ1n) is 9.91. The van der Waals surface area contributed by atoms with Gasteiger partial charge in [-0.15, -0.1) is 0 Å². The van der Waals surface area contributed by atoms with Gasteiger partial charge in [-0.05, 0) is 57.2 Å². The van der Waals surface area contributed by atoms with E-state index in [4.69, 9.17) is 11.6 Å². The molecule has 3 rings (SSSR count). The Morgan fingerprint density at radius 3 is 2.41 bits per heavy atom. The van der Waals surface area contributed by atoms with Gasteiger partial charge in [0.05, 0.1) is 15.5 Å². The fourth-order valence-electron chi connectivity index (χ4n) is 3.31. The van der Waals surface area contributed by atoms with Gasteiger partial charge < -0.3 is 10.1 Å². The predicted octanol–water partition coefficient (Wildman–Crippen LogP) is 3.49. The molecule has 0 aromatic heterocycles. The van der Waals surface area contributed by atoms with Gasteiger partial charge in [-0.1, -0.05) is 22.7 Å². The Morgan fingerprint density at radius 1 is 1.22 bits per heavy atom. The van der Waals surface area contributed by atoms with Crippen LogP contribution in [0.25, 0.3) is 0 Å². The van der Waals surface area contributed by atoms with Crippen LogP contribution in [-0.4, -0.2) is 45.2 Å². The third kappa shape index (κ3) is 6.02. The molecule has 0 spiro atoms. The van der Waals surface area contributed by atoms with E-state index in [2.05, 4.69) is 10.1 Å². The summed E-state index contributed by atoms with van der Waals surface area (Å²) in [6.45, 7) is -0.708. The molecule has 0 heterocycles. The highest BCUT2D eigenvalue weighted by molar-refractivity contribution is 7.90. The van der Waals surface area contributed by atoms with Gasteiger partial charge in [-0.25, -0.2) is 13.1 Å². The maximum atomic E-state index is 12.5. The summed E-state index contributed by atoms with van der Waals surface area (Å²) in [6.07, 6.45) is -1.26. The molecule has 0 saturated heterocycles. The lowest BCUT2D eigenvalue weighted by Crippen LogP contribution is -2.41. The fourth-order valence-corrected chi connectivity index (χ4v) is 4.71. The van der Waals surface area contributed by atoms with Crippen LogP contribution < -0.4 is 10.0 Å². The van der Waals surface area contributed by atoms with Crippen LogP contribution in [0.15, 0.2) is 34.2 Å². The summed E-state index contributed by atoms with van der Waals surface area (Å²) in [5.41, 5.74) is 2.94. The number of halogens is 4. The number of amides is 2. The zero-order valence-electron chi connectivity index (χ0n) is 17.1. The number of allylic oxidation sites excluding steroid dienone is 1. The Bertz CT molecular complexity index is 1040. The van der Waals surface area contributed by atoms with Crippen LogP contribution in [0.2, 0.25) is 5.02 Å². The lowest BCUT2D eigenvalue weighted by Gasteiger charge is -2.35. The number of benzene rings is 1. The number of alkyl halides is 3. The normalized spacial score (nSPS) is 19.6. The van der Waals surface area contributed by atoms with Crippen LogP contribution >= 0.6 is 11.6 Å². The van der Waals surface area contributed by atoms with Gasteiger partial charge in [-0.2, -0.15) is 13.2 Å². The average molecular weight is 495 g/mol. The highest BCUT2D eigenvalue weighted by Gasteiger charge is 2.32. The Kier molecular flexibility index (Phi) is 7.21. The van der Waals surface area contributed by atoms with Gasteiger partial charge in [0.15, 0.2) is 0 Å². The molecule has 1 aromatic rings. The third-order valence-corrected chi connectivity index (χ3v) is 7.03. The molecule has 0 aliphatic heterocycles. The number of nitrogens with one attached hydrogen (secondary N) is 2. The van der Waals surface area contributed by atoms with Gasteiger partial charge in [-0.3, -0.25) is 9.59 Å². The van der Waals surface area contributed by atoms with Crippen molar-refractivity contribution < 1.29 is 35.9 Å². The van der Waals surface area contributed by atoms with Gasteiger partial charge in [0.1, 0.15) is 12.7 Å². The van der Waals surface area contributed by atoms with E-state index in [1.54, 1.807) is 4.72 Å². The highest BCUT2D eigenvalue weighted by atomic mass is 35.5. The van der Waals surface area contributed by atoms with Crippen LogP contribution in [0.4, 0.5) is 13.2 Å². The van der Waals surface area contributed by atoms with Gasteiger partial charge in [0.25, 0.3) is 21.8 Å². The highest BCUT2D eigenvalue weighted by Crippen LogP contribution is 2.38. The second kappa shape index (κ2) is 9.40. The minimum absolute atomic E-state index is 0.00236. The molecule has 1 aromatic carbocycles. The molecule has 1 atom stereocenters. The summed E-state index contributed by atoms with van der Waals surface area (Å²) < 4.78 is 67.3. The van der Waals surface area contributed by atoms with Crippen molar-refractivity contribution in [2.24, 2.45) is 0 Å². The zero-order chi connectivity index (χ0) is 23.7. The molecule has 7 nitrogen and oxygen atoms in total. The third-order valence-electron chi connectivity index (χ3n) is 5.37. The topological polar surface area (TPSA) is 102 Å². The first-order chi connectivity index (χ1) is 14.9. The maximum Gasteiger partial charge on any atom is 0.411 e. The number of ether oxygens (including phenoxy) is 1. The number of hydrogen-bond acceptors (Lipinski definition) is 5. The molecule has 2 aliphatic carbocycles.